The van der Waals surface area contributed by atoms with E-state index in [1.54, 1.807) is 16.5 Å². The lowest BCUT2D eigenvalue weighted by atomic mass is 9.94. The van der Waals surface area contributed by atoms with Gasteiger partial charge in [-0.05, 0) is 25.2 Å². The summed E-state index contributed by atoms with van der Waals surface area (Å²) in [5.41, 5.74) is 0. The van der Waals surface area contributed by atoms with E-state index in [9.17, 15) is 14.4 Å². The Balaban J connectivity index is 1.86. The largest absolute Gasteiger partial charge is 0.355 e. The Hall–Kier alpha value is -1.96. The zero-order valence-electron chi connectivity index (χ0n) is 16.9. The van der Waals surface area contributed by atoms with Gasteiger partial charge in [-0.1, -0.05) is 33.1 Å². The van der Waals surface area contributed by atoms with Gasteiger partial charge in [-0.3, -0.25) is 14.4 Å². The van der Waals surface area contributed by atoms with Crippen molar-refractivity contribution >= 4 is 34.2 Å². The van der Waals surface area contributed by atoms with Crippen molar-refractivity contribution in [2.45, 2.75) is 71.3 Å². The van der Waals surface area contributed by atoms with Gasteiger partial charge in [-0.25, -0.2) is 4.98 Å². The van der Waals surface area contributed by atoms with Crippen molar-refractivity contribution in [3.05, 3.63) is 11.6 Å². The summed E-state index contributed by atoms with van der Waals surface area (Å²) in [6, 6.07) is 0.0964. The number of carbonyl (C=O) groups excluding carboxylic acids is 3. The van der Waals surface area contributed by atoms with Crippen LogP contribution in [-0.4, -0.2) is 46.7 Å². The van der Waals surface area contributed by atoms with Crippen LogP contribution in [0.2, 0.25) is 0 Å². The van der Waals surface area contributed by atoms with Crippen LogP contribution in [0.3, 0.4) is 0 Å². The quantitative estimate of drug-likeness (QED) is 0.622. The lowest BCUT2D eigenvalue weighted by molar-refractivity contribution is -0.139. The molecule has 0 aromatic carbocycles. The van der Waals surface area contributed by atoms with Crippen LogP contribution in [0, 0.1) is 5.92 Å². The molecule has 0 saturated heterocycles. The highest BCUT2D eigenvalue weighted by atomic mass is 32.1. The van der Waals surface area contributed by atoms with E-state index in [0.29, 0.717) is 17.6 Å². The summed E-state index contributed by atoms with van der Waals surface area (Å²) in [5, 5.41) is 7.92. The minimum atomic E-state index is -0.228. The zero-order valence-corrected chi connectivity index (χ0v) is 17.7. The fourth-order valence-electron chi connectivity index (χ4n) is 3.36. The highest BCUT2D eigenvalue weighted by Gasteiger charge is 2.27. The molecule has 7 nitrogen and oxygen atoms in total. The monoisotopic (exact) mass is 408 g/mol. The summed E-state index contributed by atoms with van der Waals surface area (Å²) >= 11 is 1.34. The normalized spacial score (nSPS) is 14.7. The van der Waals surface area contributed by atoms with Crippen LogP contribution in [0.25, 0.3) is 0 Å². The second-order valence-corrected chi connectivity index (χ2v) is 8.63. The van der Waals surface area contributed by atoms with E-state index in [2.05, 4.69) is 29.5 Å². The topological polar surface area (TPSA) is 91.4 Å². The average molecular weight is 409 g/mol. The zero-order chi connectivity index (χ0) is 20.4. The van der Waals surface area contributed by atoms with E-state index >= 15 is 0 Å². The number of amides is 3. The van der Waals surface area contributed by atoms with Crippen LogP contribution in [0.5, 0.6) is 0 Å². The molecule has 1 heterocycles. The Morgan fingerprint density at radius 1 is 1.18 bits per heavy atom. The van der Waals surface area contributed by atoms with Gasteiger partial charge < -0.3 is 15.5 Å². The van der Waals surface area contributed by atoms with E-state index in [1.165, 1.54) is 17.8 Å². The standard InChI is InChI=1S/C20H32N4O3S/c1-15(2)10-11-21-18(26)14-24(16-6-4-3-5-7-16)19(27)9-8-17(25)23-20-22-12-13-28-20/h12-13,15-16H,3-11,14H2,1-2H3,(H,21,26)(H,22,23,25). The third kappa shape index (κ3) is 7.96. The first kappa shape index (κ1) is 22.3. The molecule has 0 unspecified atom stereocenters. The predicted octanol–water partition coefficient (Wildman–Crippen LogP) is 3.19. The van der Waals surface area contributed by atoms with Gasteiger partial charge in [0, 0.05) is 37.0 Å². The summed E-state index contributed by atoms with van der Waals surface area (Å²) in [6.07, 6.45) is 7.92. The number of carbonyl (C=O) groups is 3. The van der Waals surface area contributed by atoms with Gasteiger partial charge in [0.05, 0.1) is 6.54 Å². The molecule has 1 aromatic heterocycles. The van der Waals surface area contributed by atoms with Gasteiger partial charge >= 0.3 is 0 Å². The van der Waals surface area contributed by atoms with Crippen molar-refractivity contribution in [3.63, 3.8) is 0 Å². The van der Waals surface area contributed by atoms with Gasteiger partial charge in [0.1, 0.15) is 0 Å². The molecule has 0 spiro atoms. The number of thiazole rings is 1. The second-order valence-electron chi connectivity index (χ2n) is 7.73. The highest BCUT2D eigenvalue weighted by molar-refractivity contribution is 7.13. The summed E-state index contributed by atoms with van der Waals surface area (Å²) in [6.45, 7) is 4.93. The van der Waals surface area contributed by atoms with Gasteiger partial charge in [0.25, 0.3) is 0 Å². The SMILES string of the molecule is CC(C)CCNC(=O)CN(C(=O)CCC(=O)Nc1nccs1)C1CCCCC1. The number of rotatable bonds is 10. The summed E-state index contributed by atoms with van der Waals surface area (Å²) in [4.78, 5) is 42.9. The third-order valence-corrected chi connectivity index (χ3v) is 5.63. The molecular weight excluding hydrogens is 376 g/mol. The summed E-state index contributed by atoms with van der Waals surface area (Å²) < 4.78 is 0. The fourth-order valence-corrected chi connectivity index (χ4v) is 3.90. The summed E-state index contributed by atoms with van der Waals surface area (Å²) in [7, 11) is 0. The van der Waals surface area contributed by atoms with Crippen molar-refractivity contribution in [3.8, 4) is 0 Å². The van der Waals surface area contributed by atoms with Gasteiger partial charge in [0.15, 0.2) is 5.13 Å². The Morgan fingerprint density at radius 2 is 1.93 bits per heavy atom. The summed E-state index contributed by atoms with van der Waals surface area (Å²) in [5.74, 6) is 0.0491. The van der Waals surface area contributed by atoms with Crippen LogP contribution >= 0.6 is 11.3 Å². The van der Waals surface area contributed by atoms with Crippen molar-refractivity contribution in [1.29, 1.82) is 0 Å². The van der Waals surface area contributed by atoms with E-state index in [0.717, 1.165) is 32.1 Å². The maximum atomic E-state index is 12.8. The number of anilines is 1. The number of aromatic nitrogens is 1. The minimum absolute atomic E-state index is 0.0791. The lowest BCUT2D eigenvalue weighted by Gasteiger charge is -2.34. The molecule has 2 N–H and O–H groups in total. The van der Waals surface area contributed by atoms with E-state index in [4.69, 9.17) is 0 Å². The number of hydrogen-bond donors (Lipinski definition) is 2. The van der Waals surface area contributed by atoms with E-state index in [1.807, 2.05) is 0 Å². The van der Waals surface area contributed by atoms with Crippen LogP contribution in [0.15, 0.2) is 11.6 Å². The smallest absolute Gasteiger partial charge is 0.239 e. The molecule has 0 radical (unpaired) electrons. The molecular formula is C20H32N4O3S. The van der Waals surface area contributed by atoms with E-state index in [-0.39, 0.29) is 43.1 Å². The number of hydrogen-bond acceptors (Lipinski definition) is 5. The lowest BCUT2D eigenvalue weighted by Crippen LogP contribution is -2.47. The minimum Gasteiger partial charge on any atom is -0.355 e. The molecule has 1 aliphatic carbocycles. The first-order valence-electron chi connectivity index (χ1n) is 10.2. The molecule has 8 heteroatoms. The first-order valence-corrected chi connectivity index (χ1v) is 11.1. The molecule has 3 amide bonds. The Morgan fingerprint density at radius 3 is 2.57 bits per heavy atom. The van der Waals surface area contributed by atoms with Crippen molar-refractivity contribution in [2.24, 2.45) is 5.92 Å². The molecule has 0 aliphatic heterocycles. The van der Waals surface area contributed by atoms with Gasteiger partial charge in [-0.2, -0.15) is 0 Å². The van der Waals surface area contributed by atoms with Crippen LogP contribution in [0.4, 0.5) is 5.13 Å². The highest BCUT2D eigenvalue weighted by Crippen LogP contribution is 2.23. The van der Waals surface area contributed by atoms with Gasteiger partial charge in [0.2, 0.25) is 17.7 Å². The molecule has 1 saturated carbocycles. The van der Waals surface area contributed by atoms with Crippen molar-refractivity contribution in [1.82, 2.24) is 15.2 Å². The number of nitrogens with zero attached hydrogens (tertiary/aromatic N) is 2. The molecule has 0 atom stereocenters. The molecule has 156 valence electrons. The maximum absolute atomic E-state index is 12.8. The Kier molecular flexibility index (Phi) is 9.40. The molecule has 28 heavy (non-hydrogen) atoms. The molecule has 0 bridgehead atoms. The fraction of sp³-hybridized carbons (Fsp3) is 0.700. The Bertz CT molecular complexity index is 627. The number of nitrogens with one attached hydrogen (secondary N) is 2. The van der Waals surface area contributed by atoms with Gasteiger partial charge in [-0.15, -0.1) is 11.3 Å². The van der Waals surface area contributed by atoms with Crippen molar-refractivity contribution < 1.29 is 14.4 Å². The van der Waals surface area contributed by atoms with Crippen LogP contribution < -0.4 is 10.6 Å². The van der Waals surface area contributed by atoms with Crippen molar-refractivity contribution in [2.75, 3.05) is 18.4 Å². The predicted molar refractivity (Wildman–Crippen MR) is 111 cm³/mol. The third-order valence-electron chi connectivity index (χ3n) is 4.94. The van der Waals surface area contributed by atoms with Crippen LogP contribution in [0.1, 0.15) is 65.2 Å². The second kappa shape index (κ2) is 11.8. The average Bonchev–Trinajstić information content (AvgIpc) is 3.17. The maximum Gasteiger partial charge on any atom is 0.239 e. The molecule has 1 aromatic rings. The first-order chi connectivity index (χ1) is 13.5. The molecule has 2 rings (SSSR count). The molecule has 1 aliphatic rings. The van der Waals surface area contributed by atoms with Crippen LogP contribution in [-0.2, 0) is 14.4 Å². The Labute approximate surface area is 171 Å². The van der Waals surface area contributed by atoms with E-state index < -0.39 is 0 Å². The molecule has 1 fully saturated rings.